The molecule has 1 N–H and O–H groups in total. The normalized spacial score (nSPS) is 10.9. The van der Waals surface area contributed by atoms with Gasteiger partial charge >= 0.3 is 0 Å². The minimum Gasteiger partial charge on any atom is -0.484 e. The Balaban J connectivity index is 1.44. The van der Waals surface area contributed by atoms with Crippen molar-refractivity contribution in [3.63, 3.8) is 0 Å². The highest BCUT2D eigenvalue weighted by atomic mass is 16.5. The third kappa shape index (κ3) is 5.42. The molecule has 0 radical (unpaired) electrons. The van der Waals surface area contributed by atoms with Gasteiger partial charge < -0.3 is 10.1 Å². The fourth-order valence-electron chi connectivity index (χ4n) is 3.05. The van der Waals surface area contributed by atoms with Crippen LogP contribution in [0.15, 0.2) is 55.1 Å². The van der Waals surface area contributed by atoms with E-state index in [1.807, 2.05) is 36.4 Å². The first-order valence-corrected chi connectivity index (χ1v) is 9.41. The molecular formula is C22H26N4O2. The summed E-state index contributed by atoms with van der Waals surface area (Å²) in [6, 6.07) is 14.0. The average Bonchev–Trinajstić information content (AvgIpc) is 3.18. The maximum absolute atomic E-state index is 12.1. The molecule has 3 aromatic rings. The number of rotatable bonds is 8. The molecule has 0 unspecified atom stereocenters. The molecule has 146 valence electrons. The van der Waals surface area contributed by atoms with Crippen LogP contribution in [-0.2, 0) is 17.9 Å². The molecule has 0 spiro atoms. The number of hydrogen-bond acceptors (Lipinski definition) is 4. The molecule has 0 saturated heterocycles. The monoisotopic (exact) mass is 378 g/mol. The van der Waals surface area contributed by atoms with Crippen molar-refractivity contribution in [2.24, 2.45) is 0 Å². The fraction of sp³-hybridized carbons (Fsp3) is 0.318. The fourth-order valence-corrected chi connectivity index (χ4v) is 3.05. The SMILES string of the molecule is Cc1cc(OCC(=O)NCc2ccc(Cn3cncn3)cc2)ccc1C(C)C. The number of nitrogens with zero attached hydrogens (tertiary/aromatic N) is 3. The van der Waals surface area contributed by atoms with E-state index in [0.29, 0.717) is 19.0 Å². The zero-order valence-corrected chi connectivity index (χ0v) is 16.6. The summed E-state index contributed by atoms with van der Waals surface area (Å²) in [6.45, 7) is 7.54. The average molecular weight is 378 g/mol. The van der Waals surface area contributed by atoms with E-state index < -0.39 is 0 Å². The van der Waals surface area contributed by atoms with Crippen LogP contribution in [-0.4, -0.2) is 27.3 Å². The van der Waals surface area contributed by atoms with E-state index in [1.54, 1.807) is 11.0 Å². The lowest BCUT2D eigenvalue weighted by Gasteiger charge is -2.12. The second kappa shape index (κ2) is 9.17. The van der Waals surface area contributed by atoms with Crippen molar-refractivity contribution in [2.75, 3.05) is 6.61 Å². The predicted molar refractivity (Wildman–Crippen MR) is 108 cm³/mol. The van der Waals surface area contributed by atoms with E-state index in [9.17, 15) is 4.79 Å². The van der Waals surface area contributed by atoms with E-state index >= 15 is 0 Å². The summed E-state index contributed by atoms with van der Waals surface area (Å²) >= 11 is 0. The highest BCUT2D eigenvalue weighted by Crippen LogP contribution is 2.23. The van der Waals surface area contributed by atoms with Gasteiger partial charge in [-0.05, 0) is 47.2 Å². The zero-order valence-electron chi connectivity index (χ0n) is 16.6. The van der Waals surface area contributed by atoms with Gasteiger partial charge in [-0.25, -0.2) is 9.67 Å². The van der Waals surface area contributed by atoms with Crippen molar-refractivity contribution < 1.29 is 9.53 Å². The predicted octanol–water partition coefficient (Wildman–Crippen LogP) is 3.45. The number of amides is 1. The van der Waals surface area contributed by atoms with E-state index in [1.165, 1.54) is 17.5 Å². The lowest BCUT2D eigenvalue weighted by molar-refractivity contribution is -0.123. The van der Waals surface area contributed by atoms with Gasteiger partial charge in [0.05, 0.1) is 6.54 Å². The summed E-state index contributed by atoms with van der Waals surface area (Å²) in [7, 11) is 0. The number of benzene rings is 2. The number of ether oxygens (including phenoxy) is 1. The van der Waals surface area contributed by atoms with Crippen LogP contribution in [0.4, 0.5) is 0 Å². The van der Waals surface area contributed by atoms with Crippen LogP contribution in [0.1, 0.15) is 42.0 Å². The Bertz CT molecular complexity index is 903. The van der Waals surface area contributed by atoms with Crippen molar-refractivity contribution in [2.45, 2.75) is 39.8 Å². The van der Waals surface area contributed by atoms with Crippen LogP contribution in [0, 0.1) is 6.92 Å². The van der Waals surface area contributed by atoms with Crippen LogP contribution in [0.5, 0.6) is 5.75 Å². The van der Waals surface area contributed by atoms with E-state index in [4.69, 9.17) is 4.74 Å². The van der Waals surface area contributed by atoms with Crippen LogP contribution >= 0.6 is 0 Å². The Morgan fingerprint density at radius 3 is 2.54 bits per heavy atom. The van der Waals surface area contributed by atoms with Crippen molar-refractivity contribution in [3.05, 3.63) is 77.4 Å². The van der Waals surface area contributed by atoms with Gasteiger partial charge in [0.15, 0.2) is 6.61 Å². The molecular weight excluding hydrogens is 352 g/mol. The summed E-state index contributed by atoms with van der Waals surface area (Å²) in [5, 5.41) is 6.98. The molecule has 0 saturated carbocycles. The standard InChI is InChI=1S/C22H26N4O2/c1-16(2)21-9-8-20(10-17(21)3)28-13-22(27)24-11-18-4-6-19(7-5-18)12-26-15-23-14-25-26/h4-10,14-16H,11-13H2,1-3H3,(H,24,27). The van der Waals surface area contributed by atoms with Gasteiger partial charge in [0.2, 0.25) is 0 Å². The molecule has 0 fully saturated rings. The lowest BCUT2D eigenvalue weighted by atomic mass is 9.98. The number of carbonyl (C=O) groups excluding carboxylic acids is 1. The summed E-state index contributed by atoms with van der Waals surface area (Å²) in [5.74, 6) is 1.05. The second-order valence-corrected chi connectivity index (χ2v) is 7.15. The Hall–Kier alpha value is -3.15. The second-order valence-electron chi connectivity index (χ2n) is 7.15. The summed E-state index contributed by atoms with van der Waals surface area (Å²) in [6.07, 6.45) is 3.21. The number of aryl methyl sites for hydroxylation is 1. The van der Waals surface area contributed by atoms with Crippen LogP contribution in [0.2, 0.25) is 0 Å². The molecule has 1 aromatic heterocycles. The van der Waals surface area contributed by atoms with E-state index in [2.05, 4.69) is 42.2 Å². The molecule has 6 nitrogen and oxygen atoms in total. The molecule has 1 amide bonds. The molecule has 0 aliphatic carbocycles. The third-order valence-corrected chi connectivity index (χ3v) is 4.56. The molecule has 3 rings (SSSR count). The van der Waals surface area contributed by atoms with E-state index in [-0.39, 0.29) is 12.5 Å². The van der Waals surface area contributed by atoms with Gasteiger partial charge in [-0.3, -0.25) is 4.79 Å². The zero-order chi connectivity index (χ0) is 19.9. The Kier molecular flexibility index (Phi) is 6.42. The quantitative estimate of drug-likeness (QED) is 0.652. The van der Waals surface area contributed by atoms with Gasteiger partial charge in [0, 0.05) is 6.54 Å². The minimum atomic E-state index is -0.141. The summed E-state index contributed by atoms with van der Waals surface area (Å²) in [4.78, 5) is 16.0. The molecule has 0 atom stereocenters. The molecule has 0 aliphatic heterocycles. The molecule has 28 heavy (non-hydrogen) atoms. The highest BCUT2D eigenvalue weighted by Gasteiger charge is 2.07. The first kappa shape index (κ1) is 19.6. The summed E-state index contributed by atoms with van der Waals surface area (Å²) < 4.78 is 7.39. The highest BCUT2D eigenvalue weighted by molar-refractivity contribution is 5.77. The number of aromatic nitrogens is 3. The molecule has 0 bridgehead atoms. The Labute approximate surface area is 165 Å². The Morgan fingerprint density at radius 1 is 1.14 bits per heavy atom. The van der Waals surface area contributed by atoms with Crippen molar-refractivity contribution in [1.29, 1.82) is 0 Å². The number of carbonyl (C=O) groups is 1. The van der Waals surface area contributed by atoms with Crippen molar-refractivity contribution >= 4 is 5.91 Å². The van der Waals surface area contributed by atoms with Gasteiger partial charge in [0.25, 0.3) is 5.91 Å². The minimum absolute atomic E-state index is 0.00481. The van der Waals surface area contributed by atoms with Gasteiger partial charge in [-0.2, -0.15) is 5.10 Å². The third-order valence-electron chi connectivity index (χ3n) is 4.56. The molecule has 2 aromatic carbocycles. The lowest BCUT2D eigenvalue weighted by Crippen LogP contribution is -2.28. The van der Waals surface area contributed by atoms with Gasteiger partial charge in [-0.1, -0.05) is 44.2 Å². The van der Waals surface area contributed by atoms with Gasteiger partial charge in [-0.15, -0.1) is 0 Å². The molecule has 1 heterocycles. The van der Waals surface area contributed by atoms with E-state index in [0.717, 1.165) is 16.9 Å². The maximum Gasteiger partial charge on any atom is 0.258 e. The van der Waals surface area contributed by atoms with Crippen LogP contribution < -0.4 is 10.1 Å². The first-order valence-electron chi connectivity index (χ1n) is 9.41. The largest absolute Gasteiger partial charge is 0.484 e. The van der Waals surface area contributed by atoms with Crippen molar-refractivity contribution in [1.82, 2.24) is 20.1 Å². The smallest absolute Gasteiger partial charge is 0.258 e. The topological polar surface area (TPSA) is 69.0 Å². The molecule has 0 aliphatic rings. The van der Waals surface area contributed by atoms with Crippen LogP contribution in [0.3, 0.4) is 0 Å². The van der Waals surface area contributed by atoms with Crippen LogP contribution in [0.25, 0.3) is 0 Å². The number of nitrogens with one attached hydrogen (secondary N) is 1. The van der Waals surface area contributed by atoms with Crippen molar-refractivity contribution in [3.8, 4) is 5.75 Å². The van der Waals surface area contributed by atoms with Gasteiger partial charge in [0.1, 0.15) is 18.4 Å². The number of hydrogen-bond donors (Lipinski definition) is 1. The molecule has 6 heteroatoms. The summed E-state index contributed by atoms with van der Waals surface area (Å²) in [5.41, 5.74) is 4.64. The maximum atomic E-state index is 12.1. The first-order chi connectivity index (χ1) is 13.5. The Morgan fingerprint density at radius 2 is 1.89 bits per heavy atom.